The van der Waals surface area contributed by atoms with Crippen molar-refractivity contribution in [1.82, 2.24) is 39.6 Å². The van der Waals surface area contributed by atoms with Crippen molar-refractivity contribution in [3.05, 3.63) is 41.7 Å². The van der Waals surface area contributed by atoms with Crippen LogP contribution in [0.25, 0.3) is 28.1 Å². The van der Waals surface area contributed by atoms with Gasteiger partial charge in [0.2, 0.25) is 5.95 Å². The Morgan fingerprint density at radius 1 is 1.12 bits per heavy atom. The van der Waals surface area contributed by atoms with Crippen LogP contribution in [0, 0.1) is 13.8 Å². The second-order valence-electron chi connectivity index (χ2n) is 10.8. The Kier molecular flexibility index (Phi) is 6.88. The normalized spacial score (nSPS) is 16.4. The Bertz CT molecular complexity index is 1540. The maximum atomic E-state index is 14.0. The molecule has 0 unspecified atom stereocenters. The average Bonchev–Trinajstić information content (AvgIpc) is 3.44. The van der Waals surface area contributed by atoms with Gasteiger partial charge in [0, 0.05) is 42.5 Å². The third-order valence-electron chi connectivity index (χ3n) is 6.50. The van der Waals surface area contributed by atoms with E-state index in [4.69, 9.17) is 4.74 Å². The number of hydrogen-bond donors (Lipinski definition) is 2. The number of carbonyl (C=O) groups is 1. The predicted octanol–water partition coefficient (Wildman–Crippen LogP) is 5.05. The van der Waals surface area contributed by atoms with Gasteiger partial charge >= 0.3 is 12.3 Å². The first-order chi connectivity index (χ1) is 18.8. The molecule has 0 saturated carbocycles. The minimum Gasteiger partial charge on any atom is -0.444 e. The quantitative estimate of drug-likeness (QED) is 0.357. The number of aryl methyl sites for hydroxylation is 2. The Morgan fingerprint density at radius 2 is 1.85 bits per heavy atom. The first-order valence-corrected chi connectivity index (χ1v) is 12.9. The van der Waals surface area contributed by atoms with Crippen molar-refractivity contribution in [2.45, 2.75) is 65.3 Å². The number of ether oxygens (including phenoxy) is 1. The zero-order valence-corrected chi connectivity index (χ0v) is 22.8. The van der Waals surface area contributed by atoms with Crippen LogP contribution in [0.3, 0.4) is 0 Å². The third kappa shape index (κ3) is 5.56. The van der Waals surface area contributed by atoms with E-state index < -0.39 is 23.4 Å². The molecule has 4 aromatic heterocycles. The lowest BCUT2D eigenvalue weighted by Crippen LogP contribution is -2.47. The molecule has 1 saturated heterocycles. The van der Waals surface area contributed by atoms with E-state index in [9.17, 15) is 18.0 Å². The summed E-state index contributed by atoms with van der Waals surface area (Å²) < 4.78 is 49.3. The van der Waals surface area contributed by atoms with Gasteiger partial charge in [0.15, 0.2) is 0 Å². The van der Waals surface area contributed by atoms with Gasteiger partial charge in [-0.2, -0.15) is 13.2 Å². The molecule has 0 radical (unpaired) electrons. The van der Waals surface area contributed by atoms with Gasteiger partial charge in [-0.05, 0) is 59.6 Å². The lowest BCUT2D eigenvalue weighted by molar-refractivity contribution is -0.137. The SMILES string of the molecule is Cc1nnc(C)n1-c1ccc2c(-c3nc(N[C@H]4CCCN(C(=O)OC(C)(C)C)C4)ncc3C(F)(F)F)c[nH]c2n1. The number of pyridine rings is 1. The molecular formula is C26H30F3N9O2. The number of H-pyrrole nitrogens is 1. The summed E-state index contributed by atoms with van der Waals surface area (Å²) in [4.78, 5) is 29.9. The average molecular weight is 558 g/mol. The molecule has 0 aromatic carbocycles. The molecule has 212 valence electrons. The molecule has 0 aliphatic carbocycles. The lowest BCUT2D eigenvalue weighted by Gasteiger charge is -2.34. The number of amides is 1. The minimum absolute atomic E-state index is 0.0358. The number of piperidine rings is 1. The molecular weight excluding hydrogens is 527 g/mol. The number of nitrogens with zero attached hydrogens (tertiary/aromatic N) is 7. The monoisotopic (exact) mass is 557 g/mol. The van der Waals surface area contributed by atoms with E-state index in [2.05, 4.69) is 35.5 Å². The number of aromatic nitrogens is 7. The van der Waals surface area contributed by atoms with Crippen LogP contribution in [0.15, 0.2) is 24.5 Å². The molecule has 1 amide bonds. The Morgan fingerprint density at radius 3 is 2.52 bits per heavy atom. The summed E-state index contributed by atoms with van der Waals surface area (Å²) in [5.74, 6) is 1.84. The van der Waals surface area contributed by atoms with Crippen LogP contribution in [0.5, 0.6) is 0 Å². The van der Waals surface area contributed by atoms with Crippen LogP contribution < -0.4 is 5.32 Å². The van der Waals surface area contributed by atoms with Crippen molar-refractivity contribution < 1.29 is 22.7 Å². The van der Waals surface area contributed by atoms with Crippen LogP contribution >= 0.6 is 0 Å². The van der Waals surface area contributed by atoms with Crippen LogP contribution in [0.4, 0.5) is 23.9 Å². The fraction of sp³-hybridized carbons (Fsp3) is 0.462. The first kappa shape index (κ1) is 27.3. The number of anilines is 1. The van der Waals surface area contributed by atoms with E-state index in [0.29, 0.717) is 54.4 Å². The maximum Gasteiger partial charge on any atom is 0.419 e. The van der Waals surface area contributed by atoms with Crippen LogP contribution in [-0.4, -0.2) is 70.4 Å². The highest BCUT2D eigenvalue weighted by Crippen LogP contribution is 2.38. The fourth-order valence-electron chi connectivity index (χ4n) is 4.75. The van der Waals surface area contributed by atoms with E-state index in [1.165, 1.54) is 6.20 Å². The Balaban J connectivity index is 1.46. The molecule has 1 aliphatic rings. The highest BCUT2D eigenvalue weighted by molar-refractivity contribution is 5.94. The van der Waals surface area contributed by atoms with Gasteiger partial charge in [-0.1, -0.05) is 0 Å². The summed E-state index contributed by atoms with van der Waals surface area (Å²) in [5.41, 5.74) is -1.25. The second kappa shape index (κ2) is 10.1. The predicted molar refractivity (Wildman–Crippen MR) is 141 cm³/mol. The number of nitrogens with one attached hydrogen (secondary N) is 2. The van der Waals surface area contributed by atoms with E-state index in [1.54, 1.807) is 56.2 Å². The van der Waals surface area contributed by atoms with Gasteiger partial charge in [0.05, 0.1) is 5.69 Å². The molecule has 5 heterocycles. The number of likely N-dealkylation sites (tertiary alicyclic amines) is 1. The summed E-state index contributed by atoms with van der Waals surface area (Å²) in [6.45, 7) is 9.80. The highest BCUT2D eigenvalue weighted by atomic mass is 19.4. The Hall–Kier alpha value is -4.23. The number of alkyl halides is 3. The second-order valence-corrected chi connectivity index (χ2v) is 10.8. The van der Waals surface area contributed by atoms with Gasteiger partial charge in [0.1, 0.15) is 34.3 Å². The fourth-order valence-corrected chi connectivity index (χ4v) is 4.75. The van der Waals surface area contributed by atoms with Crippen molar-refractivity contribution in [3.63, 3.8) is 0 Å². The summed E-state index contributed by atoms with van der Waals surface area (Å²) in [6, 6.07) is 3.13. The topological polar surface area (TPSA) is 127 Å². The molecule has 4 aromatic rings. The van der Waals surface area contributed by atoms with Gasteiger partial charge in [-0.3, -0.25) is 4.57 Å². The van der Waals surface area contributed by atoms with E-state index in [1.807, 2.05) is 0 Å². The smallest absolute Gasteiger partial charge is 0.419 e. The zero-order valence-electron chi connectivity index (χ0n) is 22.8. The number of aromatic amines is 1. The van der Waals surface area contributed by atoms with E-state index >= 15 is 0 Å². The van der Waals surface area contributed by atoms with Gasteiger partial charge in [-0.15, -0.1) is 10.2 Å². The van der Waals surface area contributed by atoms with Crippen LogP contribution in [-0.2, 0) is 10.9 Å². The molecule has 2 N–H and O–H groups in total. The van der Waals surface area contributed by atoms with Crippen LogP contribution in [0.1, 0.15) is 50.8 Å². The molecule has 14 heteroatoms. The zero-order chi connectivity index (χ0) is 28.8. The van der Waals surface area contributed by atoms with Crippen molar-refractivity contribution in [2.24, 2.45) is 0 Å². The van der Waals surface area contributed by atoms with Gasteiger partial charge < -0.3 is 19.9 Å². The number of rotatable bonds is 4. The Labute approximate surface area is 228 Å². The largest absolute Gasteiger partial charge is 0.444 e. The molecule has 1 aliphatic heterocycles. The molecule has 1 fully saturated rings. The van der Waals surface area contributed by atoms with Gasteiger partial charge in [-0.25, -0.2) is 19.7 Å². The molecule has 0 bridgehead atoms. The molecule has 1 atom stereocenters. The summed E-state index contributed by atoms with van der Waals surface area (Å²) in [6.07, 6.45) is -1.48. The maximum absolute atomic E-state index is 14.0. The molecule has 0 spiro atoms. The molecule has 40 heavy (non-hydrogen) atoms. The molecule has 5 rings (SSSR count). The standard InChI is InChI=1S/C26H30F3N9O2/c1-14-35-36-15(2)38(14)20-9-8-17-18(11-30-22(17)33-20)21-19(26(27,28)29)12-31-23(34-21)32-16-7-6-10-37(13-16)24(39)40-25(3,4)5/h8-9,11-12,16H,6-7,10,13H2,1-5H3,(H,30,33)(H,31,32,34)/t16-/m0/s1. The van der Waals surface area contributed by atoms with Crippen molar-refractivity contribution in [3.8, 4) is 17.1 Å². The van der Waals surface area contributed by atoms with Crippen LogP contribution in [0.2, 0.25) is 0 Å². The number of fused-ring (bicyclic) bond motifs is 1. The number of halogens is 3. The van der Waals surface area contributed by atoms with Gasteiger partial charge in [0.25, 0.3) is 0 Å². The van der Waals surface area contributed by atoms with Crippen molar-refractivity contribution >= 4 is 23.1 Å². The minimum atomic E-state index is -4.68. The highest BCUT2D eigenvalue weighted by Gasteiger charge is 2.36. The van der Waals surface area contributed by atoms with E-state index in [0.717, 1.165) is 6.20 Å². The van der Waals surface area contributed by atoms with Crippen molar-refractivity contribution in [2.75, 3.05) is 18.4 Å². The lowest BCUT2D eigenvalue weighted by atomic mass is 10.1. The van der Waals surface area contributed by atoms with Crippen molar-refractivity contribution in [1.29, 1.82) is 0 Å². The number of hydrogen-bond acceptors (Lipinski definition) is 8. The summed E-state index contributed by atoms with van der Waals surface area (Å²) >= 11 is 0. The number of carbonyl (C=O) groups excluding carboxylic acids is 1. The summed E-state index contributed by atoms with van der Waals surface area (Å²) in [7, 11) is 0. The first-order valence-electron chi connectivity index (χ1n) is 12.9. The molecule has 11 nitrogen and oxygen atoms in total. The van der Waals surface area contributed by atoms with E-state index in [-0.39, 0.29) is 23.2 Å². The third-order valence-corrected chi connectivity index (χ3v) is 6.50. The summed E-state index contributed by atoms with van der Waals surface area (Å²) in [5, 5.41) is 11.7.